The number of hydrogen-bond donors (Lipinski definition) is 2. The lowest BCUT2D eigenvalue weighted by Gasteiger charge is -2.31. The van der Waals surface area contributed by atoms with Crippen LogP contribution in [0.5, 0.6) is 11.5 Å². The third-order valence-electron chi connectivity index (χ3n) is 5.27. The van der Waals surface area contributed by atoms with E-state index in [1.165, 1.54) is 20.3 Å². The maximum atomic E-state index is 12.3. The van der Waals surface area contributed by atoms with Crippen LogP contribution < -0.4 is 20.1 Å². The monoisotopic (exact) mass is 441 g/mol. The molecule has 1 aromatic carbocycles. The molecule has 1 aliphatic heterocycles. The van der Waals surface area contributed by atoms with E-state index < -0.39 is 11.8 Å². The van der Waals surface area contributed by atoms with Gasteiger partial charge >= 0.3 is 11.8 Å². The Morgan fingerprint density at radius 3 is 2.56 bits per heavy atom. The fourth-order valence-corrected chi connectivity index (χ4v) is 3.40. The zero-order valence-corrected chi connectivity index (χ0v) is 18.1. The van der Waals surface area contributed by atoms with Crippen LogP contribution in [0.4, 0.5) is 5.69 Å². The van der Waals surface area contributed by atoms with Crippen molar-refractivity contribution in [1.29, 1.82) is 0 Å². The minimum Gasteiger partial charge on any atom is -0.497 e. The van der Waals surface area contributed by atoms with Crippen LogP contribution in [-0.2, 0) is 14.4 Å². The lowest BCUT2D eigenvalue weighted by atomic mass is 9.96. The largest absolute Gasteiger partial charge is 0.497 e. The van der Waals surface area contributed by atoms with Crippen molar-refractivity contribution in [3.05, 3.63) is 48.4 Å². The Balaban J connectivity index is 1.42. The molecule has 0 unspecified atom stereocenters. The summed E-state index contributed by atoms with van der Waals surface area (Å²) in [7, 11) is 2.99. The number of carbonyl (C=O) groups is 3. The van der Waals surface area contributed by atoms with Crippen molar-refractivity contribution in [2.45, 2.75) is 12.8 Å². The number of rotatable bonds is 7. The number of methoxy groups -OCH3 is 2. The zero-order valence-electron chi connectivity index (χ0n) is 18.1. The van der Waals surface area contributed by atoms with E-state index in [1.807, 2.05) is 0 Å². The van der Waals surface area contributed by atoms with Crippen molar-refractivity contribution < 1.29 is 28.3 Å². The highest BCUT2D eigenvalue weighted by molar-refractivity contribution is 6.39. The summed E-state index contributed by atoms with van der Waals surface area (Å²) >= 11 is 0. The normalized spacial score (nSPS) is 14.2. The van der Waals surface area contributed by atoms with Crippen molar-refractivity contribution in [2.75, 3.05) is 39.2 Å². The van der Waals surface area contributed by atoms with E-state index in [0.717, 1.165) is 12.8 Å². The van der Waals surface area contributed by atoms with Crippen molar-refractivity contribution in [2.24, 2.45) is 5.92 Å². The molecule has 0 atom stereocenters. The van der Waals surface area contributed by atoms with Gasteiger partial charge in [0.1, 0.15) is 17.3 Å². The second kappa shape index (κ2) is 11.0. The molecule has 2 heterocycles. The fraction of sp³-hybridized carbons (Fsp3) is 0.348. The van der Waals surface area contributed by atoms with Crippen LogP contribution in [0.2, 0.25) is 0 Å². The van der Waals surface area contributed by atoms with Gasteiger partial charge in [-0.3, -0.25) is 14.4 Å². The molecule has 170 valence electrons. The molecule has 3 rings (SSSR count). The summed E-state index contributed by atoms with van der Waals surface area (Å²) in [6.45, 7) is 1.56. The second-order valence-corrected chi connectivity index (χ2v) is 7.35. The van der Waals surface area contributed by atoms with Crippen molar-refractivity contribution in [3.63, 3.8) is 0 Å². The Bertz CT molecular complexity index is 962. The minimum absolute atomic E-state index is 0.0725. The molecule has 1 aromatic heterocycles. The Morgan fingerprint density at radius 2 is 1.91 bits per heavy atom. The number of ether oxygens (including phenoxy) is 2. The SMILES string of the molecule is COc1ccc(NC(=O)C(=O)NCC2CCN(C(=O)/C=C/c3ccco3)CC2)c(OC)c1. The first-order chi connectivity index (χ1) is 15.5. The lowest BCUT2D eigenvalue weighted by Crippen LogP contribution is -2.43. The first-order valence-electron chi connectivity index (χ1n) is 10.3. The summed E-state index contributed by atoms with van der Waals surface area (Å²) in [5.41, 5.74) is 0.378. The van der Waals surface area contributed by atoms with E-state index in [1.54, 1.807) is 47.6 Å². The quantitative estimate of drug-likeness (QED) is 0.504. The Morgan fingerprint density at radius 1 is 1.12 bits per heavy atom. The minimum atomic E-state index is -0.774. The number of nitrogens with one attached hydrogen (secondary N) is 2. The first-order valence-corrected chi connectivity index (χ1v) is 10.3. The molecule has 9 heteroatoms. The molecule has 1 saturated heterocycles. The van der Waals surface area contributed by atoms with Crippen LogP contribution >= 0.6 is 0 Å². The van der Waals surface area contributed by atoms with Crippen LogP contribution in [0.25, 0.3) is 6.08 Å². The van der Waals surface area contributed by atoms with Gasteiger partial charge in [-0.15, -0.1) is 0 Å². The Labute approximate surface area is 186 Å². The molecule has 2 aromatic rings. The van der Waals surface area contributed by atoms with Gasteiger partial charge < -0.3 is 29.4 Å². The average molecular weight is 441 g/mol. The maximum Gasteiger partial charge on any atom is 0.313 e. The summed E-state index contributed by atoms with van der Waals surface area (Å²) < 4.78 is 15.5. The Hall–Kier alpha value is -3.75. The van der Waals surface area contributed by atoms with E-state index in [4.69, 9.17) is 13.9 Å². The van der Waals surface area contributed by atoms with Gasteiger partial charge in [-0.05, 0) is 49.1 Å². The molecule has 0 saturated carbocycles. The fourth-order valence-electron chi connectivity index (χ4n) is 3.40. The van der Waals surface area contributed by atoms with Crippen LogP contribution in [0, 0.1) is 5.92 Å². The van der Waals surface area contributed by atoms with Crippen LogP contribution in [0.3, 0.4) is 0 Å². The van der Waals surface area contributed by atoms with Gasteiger partial charge in [0, 0.05) is 31.8 Å². The molecule has 32 heavy (non-hydrogen) atoms. The average Bonchev–Trinajstić information content (AvgIpc) is 3.35. The van der Waals surface area contributed by atoms with E-state index in [0.29, 0.717) is 42.6 Å². The summed E-state index contributed by atoms with van der Waals surface area (Å²) in [5.74, 6) is 0.222. The molecule has 2 N–H and O–H groups in total. The number of nitrogens with zero attached hydrogens (tertiary/aromatic N) is 1. The van der Waals surface area contributed by atoms with Gasteiger partial charge in [0.25, 0.3) is 0 Å². The molecule has 0 bridgehead atoms. The first kappa shape index (κ1) is 22.9. The number of benzene rings is 1. The number of piperidine rings is 1. The summed E-state index contributed by atoms with van der Waals surface area (Å²) in [6.07, 6.45) is 6.19. The number of hydrogen-bond acceptors (Lipinski definition) is 6. The molecular formula is C23H27N3O6. The van der Waals surface area contributed by atoms with Crippen molar-refractivity contribution >= 4 is 29.5 Å². The van der Waals surface area contributed by atoms with E-state index >= 15 is 0 Å². The van der Waals surface area contributed by atoms with Gasteiger partial charge in [-0.2, -0.15) is 0 Å². The number of likely N-dealkylation sites (tertiary alicyclic amines) is 1. The Kier molecular flexibility index (Phi) is 7.91. The van der Waals surface area contributed by atoms with Crippen LogP contribution in [0.1, 0.15) is 18.6 Å². The van der Waals surface area contributed by atoms with Gasteiger partial charge in [-0.25, -0.2) is 0 Å². The predicted octanol–water partition coefficient (Wildman–Crippen LogP) is 2.30. The summed E-state index contributed by atoms with van der Waals surface area (Å²) in [4.78, 5) is 38.5. The van der Waals surface area contributed by atoms with Gasteiger partial charge in [0.15, 0.2) is 0 Å². The number of carbonyl (C=O) groups excluding carboxylic acids is 3. The van der Waals surface area contributed by atoms with Gasteiger partial charge in [0.2, 0.25) is 5.91 Å². The topological polar surface area (TPSA) is 110 Å². The highest BCUT2D eigenvalue weighted by Crippen LogP contribution is 2.28. The molecule has 0 aliphatic carbocycles. The zero-order chi connectivity index (χ0) is 22.9. The van der Waals surface area contributed by atoms with Crippen molar-refractivity contribution in [1.82, 2.24) is 10.2 Å². The van der Waals surface area contributed by atoms with Gasteiger partial charge in [0.05, 0.1) is 26.2 Å². The molecule has 9 nitrogen and oxygen atoms in total. The number of amides is 3. The third-order valence-corrected chi connectivity index (χ3v) is 5.27. The second-order valence-electron chi connectivity index (χ2n) is 7.35. The lowest BCUT2D eigenvalue weighted by molar-refractivity contribution is -0.136. The number of anilines is 1. The van der Waals surface area contributed by atoms with E-state index in [-0.39, 0.29) is 11.8 Å². The third kappa shape index (κ3) is 6.13. The molecule has 1 fully saturated rings. The summed E-state index contributed by atoms with van der Waals surface area (Å²) in [6, 6.07) is 8.43. The smallest absolute Gasteiger partial charge is 0.313 e. The van der Waals surface area contributed by atoms with E-state index in [9.17, 15) is 14.4 Å². The standard InChI is InChI=1S/C23H27N3O6/c1-30-18-5-7-19(20(14-18)31-2)25-23(29)22(28)24-15-16-9-11-26(12-10-16)21(27)8-6-17-4-3-13-32-17/h3-8,13-14,16H,9-12,15H2,1-2H3,(H,24,28)(H,25,29)/b8-6+. The number of furan rings is 1. The molecule has 0 radical (unpaired) electrons. The molecule has 3 amide bonds. The van der Waals surface area contributed by atoms with Gasteiger partial charge in [-0.1, -0.05) is 0 Å². The molecular weight excluding hydrogens is 414 g/mol. The van der Waals surface area contributed by atoms with Crippen LogP contribution in [0.15, 0.2) is 47.1 Å². The summed E-state index contributed by atoms with van der Waals surface area (Å²) in [5, 5.41) is 5.22. The predicted molar refractivity (Wildman–Crippen MR) is 118 cm³/mol. The van der Waals surface area contributed by atoms with E-state index in [2.05, 4.69) is 10.6 Å². The molecule has 0 spiro atoms. The highest BCUT2D eigenvalue weighted by Gasteiger charge is 2.23. The molecule has 1 aliphatic rings. The van der Waals surface area contributed by atoms with Crippen molar-refractivity contribution in [3.8, 4) is 11.5 Å². The van der Waals surface area contributed by atoms with Crippen LogP contribution in [-0.4, -0.2) is 56.5 Å². The maximum absolute atomic E-state index is 12.3. The highest BCUT2D eigenvalue weighted by atomic mass is 16.5.